The van der Waals surface area contributed by atoms with Crippen LogP contribution >= 0.6 is 0 Å². The summed E-state index contributed by atoms with van der Waals surface area (Å²) in [6.07, 6.45) is 0. The Kier molecular flexibility index (Phi) is 4.07. The van der Waals surface area contributed by atoms with Crippen LogP contribution in [0.1, 0.15) is 58.2 Å². The van der Waals surface area contributed by atoms with Crippen LogP contribution in [0, 0.1) is 0 Å². The third-order valence-corrected chi connectivity index (χ3v) is 4.97. The molecule has 0 amide bonds. The molecule has 0 radical (unpaired) electrons. The lowest BCUT2D eigenvalue weighted by molar-refractivity contribution is 0.0976. The van der Waals surface area contributed by atoms with Crippen molar-refractivity contribution >= 4 is 11.6 Å². The highest BCUT2D eigenvalue weighted by atomic mass is 16.5. The van der Waals surface area contributed by atoms with Crippen LogP contribution in [0.25, 0.3) is 0 Å². The summed E-state index contributed by atoms with van der Waals surface area (Å²) in [4.78, 5) is 25.9. The molecule has 1 N–H and O–H groups in total. The highest BCUT2D eigenvalue weighted by Crippen LogP contribution is 2.41. The summed E-state index contributed by atoms with van der Waals surface area (Å²) < 4.78 is 5.89. The lowest BCUT2D eigenvalue weighted by Crippen LogP contribution is -2.21. The maximum atomic E-state index is 13.1. The van der Waals surface area contributed by atoms with Crippen LogP contribution in [0.15, 0.2) is 60.7 Å². The first-order chi connectivity index (χ1) is 13.3. The van der Waals surface area contributed by atoms with Crippen molar-refractivity contribution in [3.05, 3.63) is 88.5 Å². The minimum atomic E-state index is -0.331. The van der Waals surface area contributed by atoms with E-state index in [1.807, 2.05) is 12.1 Å². The number of ether oxygens (including phenoxy) is 1. The third-order valence-electron chi connectivity index (χ3n) is 4.97. The number of carbonyl (C=O) groups excluding carboxylic acids is 2. The Morgan fingerprint density at radius 3 is 1.96 bits per heavy atom. The molecule has 0 spiro atoms. The summed E-state index contributed by atoms with van der Waals surface area (Å²) in [6.45, 7) is 6.35. The number of carbonyl (C=O) groups is 2. The second-order valence-electron chi connectivity index (χ2n) is 7.92. The zero-order valence-corrected chi connectivity index (χ0v) is 15.9. The normalized spacial score (nSPS) is 13.1. The van der Waals surface area contributed by atoms with E-state index in [-0.39, 0.29) is 39.6 Å². The lowest BCUT2D eigenvalue weighted by Gasteiger charge is -2.21. The number of fused-ring (bicyclic) bond motifs is 2. The monoisotopic (exact) mass is 372 g/mol. The van der Waals surface area contributed by atoms with Gasteiger partial charge >= 0.3 is 0 Å². The molecular formula is C24H20O4. The molecule has 3 aromatic rings. The van der Waals surface area contributed by atoms with E-state index in [2.05, 4.69) is 20.8 Å². The number of phenolic OH excluding ortho intramolecular Hbond substituents is 1. The molecule has 0 bridgehead atoms. The van der Waals surface area contributed by atoms with Crippen molar-refractivity contribution < 1.29 is 19.4 Å². The van der Waals surface area contributed by atoms with Gasteiger partial charge in [-0.3, -0.25) is 9.59 Å². The van der Waals surface area contributed by atoms with Crippen LogP contribution in [-0.4, -0.2) is 16.7 Å². The fraction of sp³-hybridized carbons (Fsp3) is 0.167. The van der Waals surface area contributed by atoms with Gasteiger partial charge in [-0.05, 0) is 35.2 Å². The van der Waals surface area contributed by atoms with Gasteiger partial charge in [-0.2, -0.15) is 0 Å². The number of rotatable bonds is 2. The topological polar surface area (TPSA) is 63.6 Å². The molecular weight excluding hydrogens is 352 g/mol. The Balaban J connectivity index is 1.79. The van der Waals surface area contributed by atoms with Crippen LogP contribution < -0.4 is 4.74 Å². The molecule has 0 unspecified atom stereocenters. The van der Waals surface area contributed by atoms with E-state index in [0.717, 1.165) is 5.56 Å². The van der Waals surface area contributed by atoms with Crippen molar-refractivity contribution in [2.75, 3.05) is 0 Å². The van der Waals surface area contributed by atoms with Crippen LogP contribution in [0.2, 0.25) is 0 Å². The predicted molar refractivity (Wildman–Crippen MR) is 107 cm³/mol. The van der Waals surface area contributed by atoms with Crippen molar-refractivity contribution in [2.24, 2.45) is 0 Å². The van der Waals surface area contributed by atoms with E-state index in [1.165, 1.54) is 12.1 Å². The zero-order valence-electron chi connectivity index (χ0n) is 15.9. The summed E-state index contributed by atoms with van der Waals surface area (Å²) in [5.74, 6) is -0.274. The first kappa shape index (κ1) is 18.0. The first-order valence-electron chi connectivity index (χ1n) is 9.10. The first-order valence-corrected chi connectivity index (χ1v) is 9.10. The molecule has 4 heteroatoms. The van der Waals surface area contributed by atoms with Crippen molar-refractivity contribution in [1.82, 2.24) is 0 Å². The molecule has 0 aliphatic heterocycles. The Hall–Kier alpha value is -3.40. The van der Waals surface area contributed by atoms with Gasteiger partial charge in [0.05, 0.1) is 5.56 Å². The van der Waals surface area contributed by atoms with Crippen molar-refractivity contribution in [2.45, 2.75) is 26.2 Å². The van der Waals surface area contributed by atoms with Crippen molar-refractivity contribution in [3.8, 4) is 17.2 Å². The number of aromatic hydroxyl groups is 1. The number of hydrogen-bond acceptors (Lipinski definition) is 4. The Morgan fingerprint density at radius 2 is 1.36 bits per heavy atom. The fourth-order valence-electron chi connectivity index (χ4n) is 3.39. The number of phenols is 1. The average Bonchev–Trinajstić information content (AvgIpc) is 2.67. The van der Waals surface area contributed by atoms with E-state index >= 15 is 0 Å². The number of ketones is 2. The quantitative estimate of drug-likeness (QED) is 0.521. The van der Waals surface area contributed by atoms with Gasteiger partial charge in [0.25, 0.3) is 0 Å². The molecule has 0 saturated carbocycles. The summed E-state index contributed by atoms with van der Waals surface area (Å²) in [5, 5.41) is 10.4. The molecule has 0 heterocycles. The second kappa shape index (κ2) is 6.34. The molecule has 28 heavy (non-hydrogen) atoms. The van der Waals surface area contributed by atoms with Crippen LogP contribution in [-0.2, 0) is 5.41 Å². The molecule has 1 aliphatic rings. The Bertz CT molecular complexity index is 1100. The molecule has 3 aromatic carbocycles. The highest BCUT2D eigenvalue weighted by Gasteiger charge is 2.33. The van der Waals surface area contributed by atoms with E-state index in [1.54, 1.807) is 36.4 Å². The van der Waals surface area contributed by atoms with Crippen molar-refractivity contribution in [1.29, 1.82) is 0 Å². The molecule has 0 fully saturated rings. The Morgan fingerprint density at radius 1 is 0.750 bits per heavy atom. The molecule has 0 saturated heterocycles. The predicted octanol–water partition coefficient (Wildman–Crippen LogP) is 5.26. The van der Waals surface area contributed by atoms with Gasteiger partial charge in [0.1, 0.15) is 5.75 Å². The van der Waals surface area contributed by atoms with E-state index in [4.69, 9.17) is 4.74 Å². The van der Waals surface area contributed by atoms with Gasteiger partial charge in [-0.1, -0.05) is 57.2 Å². The number of benzene rings is 3. The minimum absolute atomic E-state index is 0.00131. The van der Waals surface area contributed by atoms with E-state index < -0.39 is 0 Å². The lowest BCUT2D eigenvalue weighted by atomic mass is 9.83. The van der Waals surface area contributed by atoms with Crippen molar-refractivity contribution in [3.63, 3.8) is 0 Å². The SMILES string of the molecule is CC(C)(C)c1ccc(Oc2c(O)ccc3c2C(=O)c2ccccc2C3=O)cc1. The number of hydrogen-bond donors (Lipinski definition) is 1. The van der Waals surface area contributed by atoms with Crippen LogP contribution in [0.5, 0.6) is 17.2 Å². The van der Waals surface area contributed by atoms with E-state index in [9.17, 15) is 14.7 Å². The maximum absolute atomic E-state index is 13.1. The molecule has 0 aromatic heterocycles. The van der Waals surface area contributed by atoms with Gasteiger partial charge in [-0.15, -0.1) is 0 Å². The molecule has 1 aliphatic carbocycles. The summed E-state index contributed by atoms with van der Waals surface area (Å²) >= 11 is 0. The maximum Gasteiger partial charge on any atom is 0.198 e. The van der Waals surface area contributed by atoms with Gasteiger partial charge in [0, 0.05) is 16.7 Å². The fourth-order valence-corrected chi connectivity index (χ4v) is 3.39. The molecule has 4 nitrogen and oxygen atoms in total. The third kappa shape index (κ3) is 2.87. The molecule has 4 rings (SSSR count). The smallest absolute Gasteiger partial charge is 0.198 e. The van der Waals surface area contributed by atoms with E-state index in [0.29, 0.717) is 16.9 Å². The van der Waals surface area contributed by atoms with Crippen LogP contribution in [0.3, 0.4) is 0 Å². The Labute approximate surface area is 163 Å². The van der Waals surface area contributed by atoms with Gasteiger partial charge < -0.3 is 9.84 Å². The van der Waals surface area contributed by atoms with Gasteiger partial charge in [0.2, 0.25) is 0 Å². The highest BCUT2D eigenvalue weighted by molar-refractivity contribution is 6.29. The van der Waals surface area contributed by atoms with Gasteiger partial charge in [0.15, 0.2) is 23.1 Å². The summed E-state index contributed by atoms with van der Waals surface area (Å²) in [7, 11) is 0. The molecule has 140 valence electrons. The average molecular weight is 372 g/mol. The van der Waals surface area contributed by atoms with Gasteiger partial charge in [-0.25, -0.2) is 0 Å². The zero-order chi connectivity index (χ0) is 20.1. The minimum Gasteiger partial charge on any atom is -0.504 e. The standard InChI is InChI=1S/C24H20O4/c1-24(2,3)14-8-10-15(11-9-14)28-23-19(25)13-12-18-20(23)22(27)17-7-5-4-6-16(17)21(18)26/h4-13,25H,1-3H3. The largest absolute Gasteiger partial charge is 0.504 e. The summed E-state index contributed by atoms with van der Waals surface area (Å²) in [6, 6.07) is 17.0. The molecule has 0 atom stereocenters. The van der Waals surface area contributed by atoms with Crippen LogP contribution in [0.4, 0.5) is 0 Å². The summed E-state index contributed by atoms with van der Waals surface area (Å²) in [5.41, 5.74) is 2.16. The second-order valence-corrected chi connectivity index (χ2v) is 7.92.